The van der Waals surface area contributed by atoms with Crippen LogP contribution in [0.25, 0.3) is 37.3 Å². The van der Waals surface area contributed by atoms with Gasteiger partial charge in [0.05, 0.1) is 21.4 Å². The number of pyridine rings is 1. The van der Waals surface area contributed by atoms with Crippen LogP contribution in [-0.4, -0.2) is 30.3 Å². The van der Waals surface area contributed by atoms with E-state index in [0.29, 0.717) is 0 Å². The molecule has 0 radical (unpaired) electrons. The van der Waals surface area contributed by atoms with Crippen LogP contribution in [0, 0.1) is 0 Å². The van der Waals surface area contributed by atoms with Gasteiger partial charge in [0.15, 0.2) is 0 Å². The second-order valence-corrected chi connectivity index (χ2v) is 9.06. The quantitative estimate of drug-likeness (QED) is 0.323. The zero-order valence-corrected chi connectivity index (χ0v) is 16.0. The molecule has 5 nitrogen and oxygen atoms in total. The molecule has 0 amide bonds. The predicted octanol–water partition coefficient (Wildman–Crippen LogP) is 5.44. The van der Waals surface area contributed by atoms with Crippen molar-refractivity contribution in [1.29, 1.82) is 0 Å². The number of H-pyrrole nitrogens is 1. The number of imidazole rings is 1. The van der Waals surface area contributed by atoms with E-state index in [0.717, 1.165) is 26.8 Å². The summed E-state index contributed by atoms with van der Waals surface area (Å²) in [6.07, 6.45) is 7.99. The van der Waals surface area contributed by atoms with Crippen molar-refractivity contribution < 1.29 is 0 Å². The van der Waals surface area contributed by atoms with Crippen molar-refractivity contribution in [3.05, 3.63) is 30.2 Å². The minimum absolute atomic E-state index is 0.935. The van der Waals surface area contributed by atoms with Crippen LogP contribution in [0.15, 0.2) is 34.4 Å². The number of hydrogen-bond acceptors (Lipinski definition) is 6. The van der Waals surface area contributed by atoms with Crippen LogP contribution >= 0.6 is 34.4 Å². The topological polar surface area (TPSA) is 58.9 Å². The molecule has 0 spiro atoms. The number of unbranched alkanes of at least 4 members (excludes halogenated alkanes) is 1. The number of thiazole rings is 1. The van der Waals surface area contributed by atoms with Crippen molar-refractivity contribution in [3.63, 3.8) is 0 Å². The Kier molecular flexibility index (Phi) is 3.76. The molecule has 8 heteroatoms. The number of nitrogens with one attached hydrogen (secondary N) is 1. The summed E-state index contributed by atoms with van der Waals surface area (Å²) in [6, 6.07) is 2.15. The third-order valence-corrected chi connectivity index (χ3v) is 7.40. The number of nitrogens with zero attached hydrogens (tertiary/aromatic N) is 4. The molecule has 5 heterocycles. The van der Waals surface area contributed by atoms with Gasteiger partial charge in [-0.25, -0.2) is 19.5 Å². The van der Waals surface area contributed by atoms with Gasteiger partial charge in [-0.05, 0) is 18.2 Å². The molecule has 0 aliphatic heterocycles. The molecule has 0 bridgehead atoms. The van der Waals surface area contributed by atoms with Crippen LogP contribution in [0.1, 0.15) is 19.8 Å². The number of thiophene rings is 1. The minimum atomic E-state index is 0.935. The second kappa shape index (κ2) is 6.12. The molecule has 0 saturated carbocycles. The lowest BCUT2D eigenvalue weighted by Gasteiger charge is -2.05. The highest BCUT2D eigenvalue weighted by Gasteiger charge is 2.18. The van der Waals surface area contributed by atoms with Crippen LogP contribution in [0.4, 0.5) is 0 Å². The zero-order valence-electron chi connectivity index (χ0n) is 13.5. The van der Waals surface area contributed by atoms with Gasteiger partial charge in [0.1, 0.15) is 21.9 Å². The number of rotatable bonds is 5. The molecular weight excluding hydrogens is 370 g/mol. The lowest BCUT2D eigenvalue weighted by molar-refractivity contribution is 0.896. The fraction of sp³-hybridized carbons (Fsp3) is 0.235. The first-order valence-corrected chi connectivity index (χ1v) is 10.8. The Morgan fingerprint density at radius 1 is 1.36 bits per heavy atom. The van der Waals surface area contributed by atoms with Crippen molar-refractivity contribution in [2.24, 2.45) is 0 Å². The smallest absolute Gasteiger partial charge is 0.141 e. The number of hydrogen-bond donors (Lipinski definition) is 1. The van der Waals surface area contributed by atoms with Crippen LogP contribution in [0.3, 0.4) is 0 Å². The maximum atomic E-state index is 4.91. The van der Waals surface area contributed by atoms with E-state index in [-0.39, 0.29) is 0 Å². The molecule has 0 fully saturated rings. The van der Waals surface area contributed by atoms with Crippen LogP contribution in [0.5, 0.6) is 0 Å². The molecule has 5 aromatic heterocycles. The van der Waals surface area contributed by atoms with Gasteiger partial charge in [0, 0.05) is 22.3 Å². The first-order chi connectivity index (χ1) is 12.3. The summed E-state index contributed by atoms with van der Waals surface area (Å²) in [5, 5.41) is 8.84. The van der Waals surface area contributed by atoms with Crippen LogP contribution in [-0.2, 0) is 0 Å². The average Bonchev–Trinajstić information content (AvgIpc) is 3.35. The standard InChI is InChI=1S/C17H15N5S3/c1-2-3-5-24-17-14-13-10(12-8-18-9-22(12)21-14)7-11(20-16(13)25-17)15-19-4-6-23-15/h4,6-9,21H,2-3,5H2,1H3. The molecule has 0 atom stereocenters. The van der Waals surface area contributed by atoms with Gasteiger partial charge in [-0.15, -0.1) is 34.4 Å². The van der Waals surface area contributed by atoms with E-state index in [4.69, 9.17) is 4.98 Å². The molecule has 5 rings (SSSR count). The van der Waals surface area contributed by atoms with E-state index >= 15 is 0 Å². The van der Waals surface area contributed by atoms with Crippen LogP contribution in [0.2, 0.25) is 0 Å². The van der Waals surface area contributed by atoms with E-state index in [1.165, 1.54) is 33.3 Å². The number of fused-ring (bicyclic) bond motifs is 2. The Hall–Kier alpha value is -1.90. The summed E-state index contributed by atoms with van der Waals surface area (Å²) >= 11 is 5.31. The molecule has 0 unspecified atom stereocenters. The van der Waals surface area contributed by atoms with Crippen molar-refractivity contribution >= 4 is 61.1 Å². The lowest BCUT2D eigenvalue weighted by Crippen LogP contribution is -1.93. The van der Waals surface area contributed by atoms with Crippen molar-refractivity contribution in [2.45, 2.75) is 24.0 Å². The summed E-state index contributed by atoms with van der Waals surface area (Å²) in [5.74, 6) is 1.13. The second-order valence-electron chi connectivity index (χ2n) is 5.80. The third kappa shape index (κ3) is 2.47. The summed E-state index contributed by atoms with van der Waals surface area (Å²) < 4.78 is 3.30. The van der Waals surface area contributed by atoms with E-state index in [2.05, 4.69) is 28.1 Å². The minimum Gasteiger partial charge on any atom is -0.290 e. The van der Waals surface area contributed by atoms with Gasteiger partial charge in [-0.2, -0.15) is 0 Å². The zero-order chi connectivity index (χ0) is 16.8. The van der Waals surface area contributed by atoms with Gasteiger partial charge in [0.25, 0.3) is 0 Å². The fourth-order valence-corrected chi connectivity index (χ4v) is 6.07. The maximum Gasteiger partial charge on any atom is 0.141 e. The Bertz CT molecular complexity index is 1170. The normalized spacial score (nSPS) is 12.0. The van der Waals surface area contributed by atoms with Crippen molar-refractivity contribution in [1.82, 2.24) is 24.6 Å². The predicted molar refractivity (Wildman–Crippen MR) is 107 cm³/mol. The number of thioether (sulfide) groups is 1. The molecule has 5 aromatic rings. The van der Waals surface area contributed by atoms with E-state index in [9.17, 15) is 0 Å². The molecule has 126 valence electrons. The van der Waals surface area contributed by atoms with Crippen molar-refractivity contribution in [3.8, 4) is 10.7 Å². The highest BCUT2D eigenvalue weighted by atomic mass is 32.2. The molecule has 0 aliphatic carbocycles. The fourth-order valence-electron chi connectivity index (χ4n) is 2.96. The highest BCUT2D eigenvalue weighted by Crippen LogP contribution is 2.42. The first-order valence-electron chi connectivity index (χ1n) is 8.15. The van der Waals surface area contributed by atoms with Gasteiger partial charge >= 0.3 is 0 Å². The molecule has 1 N–H and O–H groups in total. The Morgan fingerprint density at radius 3 is 3.16 bits per heavy atom. The summed E-state index contributed by atoms with van der Waals surface area (Å²) in [4.78, 5) is 14.7. The third-order valence-electron chi connectivity index (χ3n) is 4.16. The lowest BCUT2D eigenvalue weighted by atomic mass is 10.1. The Morgan fingerprint density at radius 2 is 2.32 bits per heavy atom. The number of aromatic nitrogens is 5. The molecule has 0 aliphatic rings. The van der Waals surface area contributed by atoms with Crippen LogP contribution < -0.4 is 0 Å². The largest absolute Gasteiger partial charge is 0.290 e. The number of aromatic amines is 1. The molecular formula is C17H15N5S3. The van der Waals surface area contributed by atoms with Gasteiger partial charge in [-0.1, -0.05) is 13.3 Å². The summed E-state index contributed by atoms with van der Waals surface area (Å²) in [6.45, 7) is 2.23. The molecule has 25 heavy (non-hydrogen) atoms. The monoisotopic (exact) mass is 385 g/mol. The first kappa shape index (κ1) is 15.4. The summed E-state index contributed by atoms with van der Waals surface area (Å²) in [5.41, 5.74) is 3.17. The van der Waals surface area contributed by atoms with E-state index in [1.807, 2.05) is 40.4 Å². The Labute approximate surface area is 156 Å². The van der Waals surface area contributed by atoms with Crippen molar-refractivity contribution in [2.75, 3.05) is 5.75 Å². The van der Waals surface area contributed by atoms with Gasteiger partial charge in [-0.3, -0.25) is 5.10 Å². The molecule has 0 saturated heterocycles. The highest BCUT2D eigenvalue weighted by molar-refractivity contribution is 8.01. The maximum absolute atomic E-state index is 4.91. The van der Waals surface area contributed by atoms with E-state index in [1.54, 1.807) is 22.7 Å². The SMILES string of the molecule is CCCCSc1sc2nc(-c3nccs3)cc3c2c1[nH]n1cncc31. The Balaban J connectivity index is 1.81. The summed E-state index contributed by atoms with van der Waals surface area (Å²) in [7, 11) is 0. The van der Waals surface area contributed by atoms with Gasteiger partial charge < -0.3 is 0 Å². The molecule has 0 aromatic carbocycles. The van der Waals surface area contributed by atoms with Gasteiger partial charge in [0.2, 0.25) is 0 Å². The average molecular weight is 386 g/mol. The van der Waals surface area contributed by atoms with E-state index < -0.39 is 0 Å².